The molecule has 0 unspecified atom stereocenters. The molecule has 9 heteroatoms. The Morgan fingerprint density at radius 1 is 0.973 bits per heavy atom. The summed E-state index contributed by atoms with van der Waals surface area (Å²) in [5.74, 6) is 1.36. The molecule has 1 amide bonds. The Bertz CT molecular complexity index is 987. The largest absolute Gasteiger partial charge is 0.493 e. The lowest BCUT2D eigenvalue weighted by Crippen LogP contribution is -2.54. The monoisotopic (exact) mass is 513 g/mol. The third kappa shape index (κ3) is 7.13. The van der Waals surface area contributed by atoms with Crippen LogP contribution in [0.2, 0.25) is 0 Å². The van der Waals surface area contributed by atoms with Crippen molar-refractivity contribution >= 4 is 5.91 Å². The molecule has 2 aromatic carbocycles. The van der Waals surface area contributed by atoms with E-state index in [1.807, 2.05) is 23.1 Å². The number of rotatable bonds is 10. The van der Waals surface area contributed by atoms with Gasteiger partial charge in [0.05, 0.1) is 40.1 Å². The van der Waals surface area contributed by atoms with Crippen LogP contribution in [0.4, 0.5) is 0 Å². The molecule has 37 heavy (non-hydrogen) atoms. The highest BCUT2D eigenvalue weighted by atomic mass is 16.5. The van der Waals surface area contributed by atoms with Crippen LogP contribution in [0, 0.1) is 0 Å². The Hall–Kier alpha value is -2.85. The smallest absolute Gasteiger partial charge is 0.254 e. The molecule has 0 bridgehead atoms. The lowest BCUT2D eigenvalue weighted by Gasteiger charge is -2.39. The quantitative estimate of drug-likeness (QED) is 0.515. The molecule has 0 aliphatic carbocycles. The molecule has 0 saturated carbocycles. The van der Waals surface area contributed by atoms with Crippen molar-refractivity contribution in [3.63, 3.8) is 0 Å². The molecule has 2 aromatic rings. The summed E-state index contributed by atoms with van der Waals surface area (Å²) in [6.07, 6.45) is 0.353. The van der Waals surface area contributed by atoms with Gasteiger partial charge in [-0.25, -0.2) is 0 Å². The molecule has 2 saturated heterocycles. The average Bonchev–Trinajstić information content (AvgIpc) is 2.93. The summed E-state index contributed by atoms with van der Waals surface area (Å²) >= 11 is 0. The highest BCUT2D eigenvalue weighted by Gasteiger charge is 2.28. The molecular formula is C28H39N3O6. The van der Waals surface area contributed by atoms with Gasteiger partial charge < -0.3 is 29.0 Å². The van der Waals surface area contributed by atoms with E-state index < -0.39 is 6.10 Å². The number of morpholine rings is 1. The number of ether oxygens (including phenoxy) is 4. The number of benzene rings is 2. The topological polar surface area (TPSA) is 83.9 Å². The first kappa shape index (κ1) is 27.2. The van der Waals surface area contributed by atoms with Crippen molar-refractivity contribution in [2.75, 3.05) is 80.3 Å². The van der Waals surface area contributed by atoms with Gasteiger partial charge in [-0.2, -0.15) is 0 Å². The number of hydrogen-bond acceptors (Lipinski definition) is 8. The zero-order valence-corrected chi connectivity index (χ0v) is 22.1. The van der Waals surface area contributed by atoms with E-state index in [9.17, 15) is 9.90 Å². The first-order chi connectivity index (χ1) is 18.0. The molecule has 0 aromatic heterocycles. The maximum Gasteiger partial charge on any atom is 0.254 e. The second kappa shape index (κ2) is 13.1. The standard InChI is InChI=1S/C28H39N3O6/c1-34-25-16-22(17-26(35-2)27(25)36-3)28(33)31-11-9-29(10-12-31)19-24-20-30(13-14-37-24)18-23(32)15-21-7-5-4-6-8-21/h4-8,16-17,23-24,32H,9-15,18-20H2,1-3H3/t23-,24-/m1/s1. The molecule has 2 aliphatic heterocycles. The summed E-state index contributed by atoms with van der Waals surface area (Å²) in [6, 6.07) is 13.5. The van der Waals surface area contributed by atoms with Crippen molar-refractivity contribution in [3.8, 4) is 17.2 Å². The normalized spacial score (nSPS) is 19.9. The molecule has 2 heterocycles. The molecule has 2 aliphatic rings. The molecule has 0 spiro atoms. The number of amides is 1. The van der Waals surface area contributed by atoms with Crippen LogP contribution < -0.4 is 14.2 Å². The summed E-state index contributed by atoms with van der Waals surface area (Å²) < 4.78 is 22.2. The second-order valence-corrected chi connectivity index (χ2v) is 9.60. The maximum atomic E-state index is 13.2. The number of nitrogens with zero attached hydrogens (tertiary/aromatic N) is 3. The fourth-order valence-corrected chi connectivity index (χ4v) is 5.11. The highest BCUT2D eigenvalue weighted by molar-refractivity contribution is 5.95. The first-order valence-corrected chi connectivity index (χ1v) is 12.9. The predicted molar refractivity (Wildman–Crippen MR) is 141 cm³/mol. The second-order valence-electron chi connectivity index (χ2n) is 9.60. The minimum Gasteiger partial charge on any atom is -0.493 e. The Labute approximate surface area is 219 Å². The summed E-state index contributed by atoms with van der Waals surface area (Å²) in [5, 5.41) is 10.6. The van der Waals surface area contributed by atoms with Crippen LogP contribution in [0.5, 0.6) is 17.2 Å². The number of hydrogen-bond donors (Lipinski definition) is 1. The number of piperazine rings is 1. The van der Waals surface area contributed by atoms with Crippen LogP contribution >= 0.6 is 0 Å². The van der Waals surface area contributed by atoms with E-state index in [0.717, 1.165) is 38.3 Å². The lowest BCUT2D eigenvalue weighted by molar-refractivity contribution is -0.0562. The van der Waals surface area contributed by atoms with Crippen LogP contribution in [0.1, 0.15) is 15.9 Å². The van der Waals surface area contributed by atoms with E-state index in [0.29, 0.717) is 55.5 Å². The number of carbonyl (C=O) groups is 1. The number of methoxy groups -OCH3 is 3. The van der Waals surface area contributed by atoms with Crippen molar-refractivity contribution in [2.24, 2.45) is 0 Å². The van der Waals surface area contributed by atoms with Gasteiger partial charge in [0.25, 0.3) is 5.91 Å². The molecule has 202 valence electrons. The summed E-state index contributed by atoms with van der Waals surface area (Å²) in [6.45, 7) is 6.62. The van der Waals surface area contributed by atoms with Gasteiger partial charge >= 0.3 is 0 Å². The maximum absolute atomic E-state index is 13.2. The van der Waals surface area contributed by atoms with Crippen LogP contribution in [-0.4, -0.2) is 118 Å². The fraction of sp³-hybridized carbons (Fsp3) is 0.536. The van der Waals surface area contributed by atoms with E-state index in [4.69, 9.17) is 18.9 Å². The SMILES string of the molecule is COc1cc(C(=O)N2CCN(C[C@@H]3CN(C[C@H](O)Cc4ccccc4)CCO3)CC2)cc(OC)c1OC. The van der Waals surface area contributed by atoms with Gasteiger partial charge in [-0.15, -0.1) is 0 Å². The average molecular weight is 514 g/mol. The third-order valence-corrected chi connectivity index (χ3v) is 7.04. The highest BCUT2D eigenvalue weighted by Crippen LogP contribution is 2.38. The lowest BCUT2D eigenvalue weighted by atomic mass is 10.1. The zero-order chi connectivity index (χ0) is 26.2. The van der Waals surface area contributed by atoms with Gasteiger partial charge in [0.1, 0.15) is 0 Å². The van der Waals surface area contributed by atoms with E-state index in [1.165, 1.54) is 0 Å². The molecule has 9 nitrogen and oxygen atoms in total. The van der Waals surface area contributed by atoms with Gasteiger partial charge in [-0.05, 0) is 24.1 Å². The van der Waals surface area contributed by atoms with Gasteiger partial charge in [0.15, 0.2) is 11.5 Å². The van der Waals surface area contributed by atoms with Gasteiger partial charge in [0, 0.05) is 57.9 Å². The number of aliphatic hydroxyl groups is 1. The van der Waals surface area contributed by atoms with Crippen LogP contribution in [-0.2, 0) is 11.2 Å². The number of aliphatic hydroxyl groups excluding tert-OH is 1. The third-order valence-electron chi connectivity index (χ3n) is 7.04. The molecule has 4 rings (SSSR count). The van der Waals surface area contributed by atoms with Gasteiger partial charge in [-0.3, -0.25) is 14.6 Å². The molecule has 1 N–H and O–H groups in total. The Morgan fingerprint density at radius 2 is 1.65 bits per heavy atom. The van der Waals surface area contributed by atoms with E-state index in [2.05, 4.69) is 21.9 Å². The number of β-amino-alcohol motifs (C(OH)–C–C–N with tert-alkyl or cyclic N) is 1. The van der Waals surface area contributed by atoms with Gasteiger partial charge in [-0.1, -0.05) is 30.3 Å². The summed E-state index contributed by atoms with van der Waals surface area (Å²) in [4.78, 5) is 19.7. The van der Waals surface area contributed by atoms with E-state index >= 15 is 0 Å². The van der Waals surface area contributed by atoms with Gasteiger partial charge in [0.2, 0.25) is 5.75 Å². The van der Waals surface area contributed by atoms with Crippen LogP contribution in [0.15, 0.2) is 42.5 Å². The van der Waals surface area contributed by atoms with Crippen molar-refractivity contribution in [2.45, 2.75) is 18.6 Å². The van der Waals surface area contributed by atoms with E-state index in [1.54, 1.807) is 33.5 Å². The first-order valence-electron chi connectivity index (χ1n) is 12.9. The van der Waals surface area contributed by atoms with Crippen molar-refractivity contribution < 1.29 is 28.8 Å². The van der Waals surface area contributed by atoms with Crippen molar-refractivity contribution in [1.82, 2.24) is 14.7 Å². The number of carbonyl (C=O) groups excluding carboxylic acids is 1. The van der Waals surface area contributed by atoms with E-state index in [-0.39, 0.29) is 12.0 Å². The van der Waals surface area contributed by atoms with Crippen molar-refractivity contribution in [3.05, 3.63) is 53.6 Å². The minimum absolute atomic E-state index is 0.0496. The molecular weight excluding hydrogens is 474 g/mol. The van der Waals surface area contributed by atoms with Crippen LogP contribution in [0.3, 0.4) is 0 Å². The molecule has 0 radical (unpaired) electrons. The molecule has 2 fully saturated rings. The fourth-order valence-electron chi connectivity index (χ4n) is 5.11. The Balaban J connectivity index is 1.25. The minimum atomic E-state index is -0.397. The Kier molecular flexibility index (Phi) is 9.62. The Morgan fingerprint density at radius 3 is 2.27 bits per heavy atom. The predicted octanol–water partition coefficient (Wildman–Crippen LogP) is 1.77. The summed E-state index contributed by atoms with van der Waals surface area (Å²) in [5.41, 5.74) is 1.67. The zero-order valence-electron chi connectivity index (χ0n) is 22.1. The molecule has 2 atom stereocenters. The summed E-state index contributed by atoms with van der Waals surface area (Å²) in [7, 11) is 4.63. The van der Waals surface area contributed by atoms with Crippen molar-refractivity contribution in [1.29, 1.82) is 0 Å². The van der Waals surface area contributed by atoms with Crippen LogP contribution in [0.25, 0.3) is 0 Å².